The zero-order chi connectivity index (χ0) is 46.3. The first-order valence-electron chi connectivity index (χ1n) is 20.8. The molecule has 65 heavy (non-hydrogen) atoms. The molecule has 0 aromatic heterocycles. The van der Waals surface area contributed by atoms with Crippen molar-refractivity contribution in [1.82, 2.24) is 24.7 Å². The number of sulfonamides is 1. The fraction of sp³-hybridized carbons (Fsp3) is 0.364. The van der Waals surface area contributed by atoms with Crippen LogP contribution in [0.2, 0.25) is 0 Å². The lowest BCUT2D eigenvalue weighted by Crippen LogP contribution is -2.62. The van der Waals surface area contributed by atoms with Crippen molar-refractivity contribution in [2.24, 2.45) is 0 Å². The van der Waals surface area contributed by atoms with Crippen LogP contribution >= 0.6 is 11.8 Å². The van der Waals surface area contributed by atoms with Gasteiger partial charge in [-0.1, -0.05) is 42.5 Å². The van der Waals surface area contributed by atoms with Gasteiger partial charge in [-0.2, -0.15) is 13.2 Å². The molecule has 3 N–H and O–H groups in total. The van der Waals surface area contributed by atoms with Gasteiger partial charge >= 0.3 is 5.51 Å². The zero-order valence-corrected chi connectivity index (χ0v) is 37.0. The van der Waals surface area contributed by atoms with Crippen molar-refractivity contribution in [1.29, 1.82) is 0 Å². The van der Waals surface area contributed by atoms with Crippen LogP contribution in [0, 0.1) is 5.82 Å². The van der Waals surface area contributed by atoms with Crippen molar-refractivity contribution in [3.63, 3.8) is 0 Å². The number of carbonyl (C=O) groups excluding carboxylic acids is 4. The van der Waals surface area contributed by atoms with Crippen LogP contribution in [0.4, 0.5) is 23.2 Å². The molecule has 0 aliphatic carbocycles. The summed E-state index contributed by atoms with van der Waals surface area (Å²) in [6, 6.07) is 20.6. The molecule has 4 atom stereocenters. The Hall–Kier alpha value is -5.35. The Morgan fingerprint density at radius 3 is 2.20 bits per heavy atom. The van der Waals surface area contributed by atoms with Crippen molar-refractivity contribution in [3.05, 3.63) is 119 Å². The summed E-state index contributed by atoms with van der Waals surface area (Å²) in [6.45, 7) is 2.19. The van der Waals surface area contributed by atoms with Gasteiger partial charge in [0.1, 0.15) is 16.8 Å². The number of amides is 4. The SMILES string of the molecule is O=C1CCC(N2Cc3cc(CN4CC5CCC4CN5CC[C@H](CSc4ccccc4)Nc4ccc(S(=O)(=O)NC(=O)c5ccccc5)cc4S(=O)(=O)C(F)(F)F)cc(F)c3C2=O)C(=O)N1. The fourth-order valence-corrected chi connectivity index (χ4v) is 12.0. The van der Waals surface area contributed by atoms with Crippen LogP contribution in [0.3, 0.4) is 0 Å². The summed E-state index contributed by atoms with van der Waals surface area (Å²) in [4.78, 5) is 54.7. The summed E-state index contributed by atoms with van der Waals surface area (Å²) in [7, 11) is -10.9. The van der Waals surface area contributed by atoms with Crippen molar-refractivity contribution >= 4 is 60.9 Å². The molecule has 4 saturated heterocycles. The lowest BCUT2D eigenvalue weighted by Gasteiger charge is -2.52. The van der Waals surface area contributed by atoms with E-state index in [1.165, 1.54) is 47.0 Å². The quantitative estimate of drug-likeness (QED) is 0.0795. The van der Waals surface area contributed by atoms with E-state index in [9.17, 15) is 49.2 Å². The van der Waals surface area contributed by atoms with Gasteiger partial charge < -0.3 is 10.2 Å². The summed E-state index contributed by atoms with van der Waals surface area (Å²) in [5.41, 5.74) is -5.21. The van der Waals surface area contributed by atoms with Crippen molar-refractivity contribution in [3.8, 4) is 0 Å². The zero-order valence-electron chi connectivity index (χ0n) is 34.6. The molecule has 4 aromatic carbocycles. The second-order valence-electron chi connectivity index (χ2n) is 16.5. The van der Waals surface area contributed by atoms with E-state index in [4.69, 9.17) is 0 Å². The number of hydrogen-bond acceptors (Lipinski definition) is 12. The highest BCUT2D eigenvalue weighted by Crippen LogP contribution is 2.38. The number of thioether (sulfide) groups is 1. The third-order valence-corrected chi connectivity index (χ3v) is 16.2. The van der Waals surface area contributed by atoms with Crippen LogP contribution in [0.1, 0.15) is 63.9 Å². The monoisotopic (exact) mass is 956 g/mol. The topological polar surface area (TPSA) is 182 Å². The first kappa shape index (κ1) is 46.2. The molecule has 4 aromatic rings. The van der Waals surface area contributed by atoms with Crippen LogP contribution < -0.4 is 15.4 Å². The molecule has 0 radical (unpaired) electrons. The average molecular weight is 957 g/mol. The lowest BCUT2D eigenvalue weighted by atomic mass is 9.89. The van der Waals surface area contributed by atoms with Gasteiger partial charge in [-0.25, -0.2) is 25.9 Å². The highest BCUT2D eigenvalue weighted by molar-refractivity contribution is 7.99. The second-order valence-corrected chi connectivity index (χ2v) is 21.2. The minimum absolute atomic E-state index is 0.0410. The van der Waals surface area contributed by atoms with Gasteiger partial charge in [-0.3, -0.25) is 34.3 Å². The fourth-order valence-electron chi connectivity index (χ4n) is 8.93. The van der Waals surface area contributed by atoms with Gasteiger partial charge in [-0.15, -0.1) is 11.8 Å². The number of imide groups is 1. The van der Waals surface area contributed by atoms with Crippen LogP contribution in [0.5, 0.6) is 0 Å². The summed E-state index contributed by atoms with van der Waals surface area (Å²) in [6.07, 6.45) is 2.32. The lowest BCUT2D eigenvalue weighted by molar-refractivity contribution is -0.136. The Morgan fingerprint density at radius 1 is 0.862 bits per heavy atom. The summed E-state index contributed by atoms with van der Waals surface area (Å²) < 4.78 is 113. The van der Waals surface area contributed by atoms with Crippen LogP contribution in [-0.4, -0.2) is 110 Å². The minimum Gasteiger partial charge on any atom is -0.380 e. The number of piperidine rings is 3. The second kappa shape index (κ2) is 18.5. The molecule has 9 rings (SSSR count). The maximum Gasteiger partial charge on any atom is 0.501 e. The Balaban J connectivity index is 0.973. The Labute approximate surface area is 377 Å². The standard InChI is InChI=1S/C44H44F4N6O8S3/c45-35-20-27(19-29-23-54(43(58)40(29)35)37-15-16-39(55)50-42(37)57)22-53-25-31-11-12-32(53)24-52(31)18-17-30(26-63-33-9-5-2-6-10-33)49-36-14-13-34(21-38(36)64(59,60)44(46,47)48)65(61,62)51-41(56)28-7-3-1-4-8-28/h1-10,13-14,19-21,30-32,37,49H,11-12,15-18,22-26H2,(H,51,56)(H,50,55,57)/t30-,31?,32?,37?/m1/s1. The van der Waals surface area contributed by atoms with E-state index in [2.05, 4.69) is 20.4 Å². The van der Waals surface area contributed by atoms with Crippen molar-refractivity contribution in [2.75, 3.05) is 30.7 Å². The number of hydrogen-bond donors (Lipinski definition) is 3. The molecular weight excluding hydrogens is 913 g/mol. The molecule has 3 unspecified atom stereocenters. The number of nitrogens with zero attached hydrogens (tertiary/aromatic N) is 3. The first-order valence-corrected chi connectivity index (χ1v) is 24.8. The maximum absolute atomic E-state index is 15.6. The van der Waals surface area contributed by atoms with E-state index in [0.29, 0.717) is 55.5 Å². The molecule has 21 heteroatoms. The van der Waals surface area contributed by atoms with E-state index < -0.39 is 82.4 Å². The van der Waals surface area contributed by atoms with Crippen LogP contribution in [-0.2, 0) is 42.5 Å². The molecule has 5 heterocycles. The smallest absolute Gasteiger partial charge is 0.380 e. The van der Waals surface area contributed by atoms with E-state index in [0.717, 1.165) is 29.9 Å². The number of sulfone groups is 1. The van der Waals surface area contributed by atoms with Gasteiger partial charge in [0.2, 0.25) is 11.8 Å². The average Bonchev–Trinajstić information content (AvgIpc) is 3.60. The van der Waals surface area contributed by atoms with E-state index in [1.807, 2.05) is 30.3 Å². The molecule has 2 bridgehead atoms. The minimum atomic E-state index is -6.11. The molecule has 5 aliphatic rings. The Morgan fingerprint density at radius 2 is 1.54 bits per heavy atom. The molecule has 0 saturated carbocycles. The van der Waals surface area contributed by atoms with Crippen molar-refractivity contribution < 1.29 is 53.6 Å². The number of nitrogens with one attached hydrogen (secondary N) is 3. The third-order valence-electron chi connectivity index (χ3n) is 12.2. The number of fused-ring (bicyclic) bond motifs is 4. The predicted octanol–water partition coefficient (Wildman–Crippen LogP) is 5.31. The number of carbonyl (C=O) groups is 4. The predicted molar refractivity (Wildman–Crippen MR) is 231 cm³/mol. The molecule has 344 valence electrons. The number of piperazine rings is 1. The summed E-state index contributed by atoms with van der Waals surface area (Å²) in [5.74, 6) is -3.03. The number of benzene rings is 4. The normalized spacial score (nSPS) is 21.0. The van der Waals surface area contributed by atoms with Crippen molar-refractivity contribution in [2.45, 2.75) is 89.6 Å². The highest BCUT2D eigenvalue weighted by atomic mass is 32.2. The third kappa shape index (κ3) is 9.93. The highest BCUT2D eigenvalue weighted by Gasteiger charge is 2.49. The summed E-state index contributed by atoms with van der Waals surface area (Å²) in [5, 5.41) is 5.25. The largest absolute Gasteiger partial charge is 0.501 e. The first-order chi connectivity index (χ1) is 30.9. The van der Waals surface area contributed by atoms with E-state index in [-0.39, 0.29) is 42.6 Å². The Kier molecular flexibility index (Phi) is 13.1. The van der Waals surface area contributed by atoms with Gasteiger partial charge in [0.25, 0.3) is 31.7 Å². The Bertz CT molecular complexity index is 2730. The van der Waals surface area contributed by atoms with Gasteiger partial charge in [0.05, 0.1) is 16.1 Å². The number of halogens is 4. The molecule has 4 amide bonds. The van der Waals surface area contributed by atoms with Gasteiger partial charge in [0.15, 0.2) is 0 Å². The molecule has 5 aliphatic heterocycles. The molecule has 4 fully saturated rings. The summed E-state index contributed by atoms with van der Waals surface area (Å²) >= 11 is 1.41. The van der Waals surface area contributed by atoms with Gasteiger partial charge in [0, 0.05) is 73.5 Å². The van der Waals surface area contributed by atoms with Crippen LogP contribution in [0.25, 0.3) is 0 Å². The molecule has 0 spiro atoms. The van der Waals surface area contributed by atoms with Gasteiger partial charge in [-0.05, 0) is 85.3 Å². The number of anilines is 1. The number of rotatable bonds is 15. The number of alkyl halides is 3. The molecule has 14 nitrogen and oxygen atoms in total. The van der Waals surface area contributed by atoms with E-state index >= 15 is 4.39 Å². The van der Waals surface area contributed by atoms with E-state index in [1.54, 1.807) is 16.9 Å². The molecular formula is C44H44F4N6O8S3. The van der Waals surface area contributed by atoms with Crippen LogP contribution in [0.15, 0.2) is 106 Å². The maximum atomic E-state index is 15.6.